The van der Waals surface area contributed by atoms with E-state index in [-0.39, 0.29) is 17.3 Å². The number of aliphatic hydroxyl groups is 1. The number of rotatable bonds is 5. The second-order valence-electron chi connectivity index (χ2n) is 5.31. The first kappa shape index (κ1) is 17.7. The highest BCUT2D eigenvalue weighted by molar-refractivity contribution is 7.98. The number of thiophene rings is 1. The highest BCUT2D eigenvalue weighted by Crippen LogP contribution is 2.43. The van der Waals surface area contributed by atoms with Crippen molar-refractivity contribution < 1.29 is 19.4 Å². The molecule has 0 fully saturated rings. The number of benzene rings is 2. The van der Waals surface area contributed by atoms with E-state index in [9.17, 15) is 19.4 Å². The Bertz CT molecular complexity index is 900. The van der Waals surface area contributed by atoms with Gasteiger partial charge in [-0.25, -0.2) is 9.18 Å². The number of halogens is 1. The molecule has 0 unspecified atom stereocenters. The molecule has 6 heteroatoms. The summed E-state index contributed by atoms with van der Waals surface area (Å²) >= 11 is 2.71. The first-order valence-corrected chi connectivity index (χ1v) is 9.49. The minimum Gasteiger partial charge on any atom is -0.477 e. The van der Waals surface area contributed by atoms with E-state index in [2.05, 4.69) is 0 Å². The lowest BCUT2D eigenvalue weighted by Crippen LogP contribution is -1.98. The zero-order chi connectivity index (χ0) is 18.0. The van der Waals surface area contributed by atoms with Crippen molar-refractivity contribution in [3.8, 4) is 21.6 Å². The van der Waals surface area contributed by atoms with E-state index < -0.39 is 5.97 Å². The molecule has 25 heavy (non-hydrogen) atoms. The Balaban J connectivity index is 2.25. The van der Waals surface area contributed by atoms with Crippen LogP contribution in [-0.4, -0.2) is 22.4 Å². The molecule has 2 N–H and O–H groups in total. The van der Waals surface area contributed by atoms with Crippen LogP contribution in [-0.2, 0) is 6.61 Å². The Kier molecular flexibility index (Phi) is 5.22. The van der Waals surface area contributed by atoms with Gasteiger partial charge in [-0.2, -0.15) is 0 Å². The molecule has 128 valence electrons. The normalized spacial score (nSPS) is 10.8. The van der Waals surface area contributed by atoms with E-state index in [4.69, 9.17) is 0 Å². The molecule has 0 spiro atoms. The monoisotopic (exact) mass is 374 g/mol. The van der Waals surface area contributed by atoms with E-state index in [1.54, 1.807) is 23.9 Å². The molecule has 2 aromatic carbocycles. The molecule has 0 aliphatic carbocycles. The maximum atomic E-state index is 13.3. The number of carbonyl (C=O) groups is 1. The number of carboxylic acid groups (broad SMARTS) is 1. The maximum absolute atomic E-state index is 13.3. The lowest BCUT2D eigenvalue weighted by atomic mass is 9.97. The van der Waals surface area contributed by atoms with Crippen LogP contribution in [0.1, 0.15) is 15.2 Å². The van der Waals surface area contributed by atoms with Gasteiger partial charge in [0.25, 0.3) is 0 Å². The third-order valence-electron chi connectivity index (χ3n) is 3.84. The minimum atomic E-state index is -1.08. The van der Waals surface area contributed by atoms with Crippen LogP contribution in [0.4, 0.5) is 4.39 Å². The predicted molar refractivity (Wildman–Crippen MR) is 99.8 cm³/mol. The molecule has 0 atom stereocenters. The van der Waals surface area contributed by atoms with Gasteiger partial charge in [0.2, 0.25) is 0 Å². The zero-order valence-electron chi connectivity index (χ0n) is 13.3. The maximum Gasteiger partial charge on any atom is 0.346 e. The summed E-state index contributed by atoms with van der Waals surface area (Å²) in [5, 5.41) is 19.3. The molecule has 0 bridgehead atoms. The fourth-order valence-corrected chi connectivity index (χ4v) is 4.24. The Morgan fingerprint density at radius 3 is 2.20 bits per heavy atom. The molecule has 0 saturated heterocycles. The predicted octanol–water partition coefficient (Wildman–Crippen LogP) is 5.13. The van der Waals surface area contributed by atoms with Crippen LogP contribution in [0.3, 0.4) is 0 Å². The SMILES string of the molecule is CSc1ccc(-c2c(-c3ccc(F)cc3)sc(C(=O)O)c2CO)cc1. The number of carboxylic acids is 1. The van der Waals surface area contributed by atoms with Gasteiger partial charge in [0, 0.05) is 20.9 Å². The van der Waals surface area contributed by atoms with Crippen LogP contribution in [0.15, 0.2) is 53.4 Å². The van der Waals surface area contributed by atoms with Gasteiger partial charge in [0.1, 0.15) is 10.7 Å². The van der Waals surface area contributed by atoms with Crippen molar-refractivity contribution in [2.75, 3.05) is 6.26 Å². The lowest BCUT2D eigenvalue weighted by Gasteiger charge is -2.08. The van der Waals surface area contributed by atoms with Crippen molar-refractivity contribution in [3.05, 3.63) is 64.8 Å². The summed E-state index contributed by atoms with van der Waals surface area (Å²) in [6.07, 6.45) is 1.98. The van der Waals surface area contributed by atoms with Crippen molar-refractivity contribution in [3.63, 3.8) is 0 Å². The highest BCUT2D eigenvalue weighted by atomic mass is 32.2. The molecule has 1 aromatic heterocycles. The molecule has 3 aromatic rings. The first-order chi connectivity index (χ1) is 12.0. The van der Waals surface area contributed by atoms with Crippen molar-refractivity contribution in [2.45, 2.75) is 11.5 Å². The molecule has 3 rings (SSSR count). The molecule has 3 nitrogen and oxygen atoms in total. The van der Waals surface area contributed by atoms with Crippen LogP contribution in [0.2, 0.25) is 0 Å². The summed E-state index contributed by atoms with van der Waals surface area (Å²) in [5.41, 5.74) is 2.61. The summed E-state index contributed by atoms with van der Waals surface area (Å²) < 4.78 is 13.3. The Labute approximate surface area is 152 Å². The third kappa shape index (κ3) is 3.46. The van der Waals surface area contributed by atoms with Crippen LogP contribution in [0, 0.1) is 5.82 Å². The van der Waals surface area contributed by atoms with E-state index in [1.807, 2.05) is 30.5 Å². The fourth-order valence-electron chi connectivity index (χ4n) is 2.66. The summed E-state index contributed by atoms with van der Waals surface area (Å²) in [5.74, 6) is -1.43. The van der Waals surface area contributed by atoms with Gasteiger partial charge in [-0.15, -0.1) is 23.1 Å². The first-order valence-electron chi connectivity index (χ1n) is 7.45. The number of aliphatic hydroxyl groups excluding tert-OH is 1. The summed E-state index contributed by atoms with van der Waals surface area (Å²) in [6, 6.07) is 13.6. The molecule has 0 aliphatic heterocycles. The Hall–Kier alpha value is -2.15. The Morgan fingerprint density at radius 2 is 1.68 bits per heavy atom. The largest absolute Gasteiger partial charge is 0.477 e. The van der Waals surface area contributed by atoms with Gasteiger partial charge >= 0.3 is 5.97 Å². The quantitative estimate of drug-likeness (QED) is 0.608. The van der Waals surface area contributed by atoms with Gasteiger partial charge in [-0.05, 0) is 41.6 Å². The number of thioether (sulfide) groups is 1. The number of aromatic carboxylic acids is 1. The van der Waals surface area contributed by atoms with Gasteiger partial charge in [0.15, 0.2) is 0 Å². The topological polar surface area (TPSA) is 57.5 Å². The molecule has 0 radical (unpaired) electrons. The second kappa shape index (κ2) is 7.39. The number of hydrogen-bond acceptors (Lipinski definition) is 4. The summed E-state index contributed by atoms with van der Waals surface area (Å²) in [6.45, 7) is -0.376. The molecule has 0 aliphatic rings. The van der Waals surface area contributed by atoms with Gasteiger partial charge in [-0.1, -0.05) is 24.3 Å². The van der Waals surface area contributed by atoms with E-state index in [0.29, 0.717) is 16.0 Å². The van der Waals surface area contributed by atoms with Crippen LogP contribution in [0.5, 0.6) is 0 Å². The zero-order valence-corrected chi connectivity index (χ0v) is 15.0. The highest BCUT2D eigenvalue weighted by Gasteiger charge is 2.23. The average Bonchev–Trinajstić information content (AvgIpc) is 3.02. The van der Waals surface area contributed by atoms with Crippen molar-refractivity contribution in [1.29, 1.82) is 0 Å². The van der Waals surface area contributed by atoms with Gasteiger partial charge in [0.05, 0.1) is 6.61 Å². The van der Waals surface area contributed by atoms with Crippen LogP contribution in [0.25, 0.3) is 21.6 Å². The molecular formula is C19H15FO3S2. The average molecular weight is 374 g/mol. The summed E-state index contributed by atoms with van der Waals surface area (Å²) in [4.78, 5) is 13.5. The van der Waals surface area contributed by atoms with Crippen molar-refractivity contribution in [2.24, 2.45) is 0 Å². The van der Waals surface area contributed by atoms with Gasteiger partial charge in [-0.3, -0.25) is 0 Å². The third-order valence-corrected chi connectivity index (χ3v) is 5.86. The molecule has 0 amide bonds. The standard InChI is InChI=1S/C19H15FO3S2/c1-24-14-8-4-11(5-9-14)16-15(10-21)18(19(22)23)25-17(16)12-2-6-13(20)7-3-12/h2-9,21H,10H2,1H3,(H,22,23). The van der Waals surface area contributed by atoms with Crippen molar-refractivity contribution >= 4 is 29.1 Å². The molecular weight excluding hydrogens is 359 g/mol. The fraction of sp³-hybridized carbons (Fsp3) is 0.105. The minimum absolute atomic E-state index is 0.103. The summed E-state index contributed by atoms with van der Waals surface area (Å²) in [7, 11) is 0. The Morgan fingerprint density at radius 1 is 1.08 bits per heavy atom. The lowest BCUT2D eigenvalue weighted by molar-refractivity contribution is 0.0699. The van der Waals surface area contributed by atoms with Crippen molar-refractivity contribution in [1.82, 2.24) is 0 Å². The van der Waals surface area contributed by atoms with Crippen LogP contribution >= 0.6 is 23.1 Å². The van der Waals surface area contributed by atoms with E-state index in [1.165, 1.54) is 12.1 Å². The smallest absolute Gasteiger partial charge is 0.346 e. The molecule has 0 saturated carbocycles. The number of hydrogen-bond donors (Lipinski definition) is 2. The molecule has 1 heterocycles. The van der Waals surface area contributed by atoms with Gasteiger partial charge < -0.3 is 10.2 Å². The second-order valence-corrected chi connectivity index (χ2v) is 7.21. The van der Waals surface area contributed by atoms with Crippen LogP contribution < -0.4 is 0 Å². The van der Waals surface area contributed by atoms with E-state index in [0.717, 1.165) is 27.4 Å². The van der Waals surface area contributed by atoms with E-state index >= 15 is 0 Å².